The molecule has 1 aromatic carbocycles. The molecule has 2 aromatic rings. The number of nitrogens with zero attached hydrogens (tertiary/aromatic N) is 4. The van der Waals surface area contributed by atoms with Crippen molar-refractivity contribution in [2.45, 2.75) is 61.2 Å². The van der Waals surface area contributed by atoms with Crippen LogP contribution in [-0.2, 0) is 25.1 Å². The van der Waals surface area contributed by atoms with Gasteiger partial charge in [-0.05, 0) is 56.2 Å². The zero-order chi connectivity index (χ0) is 30.2. The first-order valence-electron chi connectivity index (χ1n) is 14.7. The number of piperidine rings is 1. The monoisotopic (exact) mass is 706 g/mol. The number of hydrogen-bond acceptors (Lipinski definition) is 9. The summed E-state index contributed by atoms with van der Waals surface area (Å²) in [4.78, 5) is 40.1. The van der Waals surface area contributed by atoms with Crippen LogP contribution in [0.3, 0.4) is 0 Å². The van der Waals surface area contributed by atoms with E-state index in [0.29, 0.717) is 61.8 Å². The van der Waals surface area contributed by atoms with Gasteiger partial charge in [-0.3, -0.25) is 9.59 Å². The third-order valence-electron chi connectivity index (χ3n) is 7.96. The van der Waals surface area contributed by atoms with E-state index in [-0.39, 0.29) is 35.1 Å². The lowest BCUT2D eigenvalue weighted by Gasteiger charge is -2.38. The number of rotatable bonds is 10. The van der Waals surface area contributed by atoms with Crippen LogP contribution in [0.15, 0.2) is 29.3 Å². The number of carbonyl (C=O) groups excluding carboxylic acids is 2. The van der Waals surface area contributed by atoms with Gasteiger partial charge in [0.25, 0.3) is 0 Å². The van der Waals surface area contributed by atoms with Gasteiger partial charge in [-0.1, -0.05) is 34.7 Å². The van der Waals surface area contributed by atoms with Gasteiger partial charge in [0.2, 0.25) is 5.91 Å². The molecular weight excluding hydrogens is 667 g/mol. The van der Waals surface area contributed by atoms with Crippen LogP contribution in [0.25, 0.3) is 0 Å². The van der Waals surface area contributed by atoms with Crippen LogP contribution >= 0.6 is 22.6 Å². The largest absolute Gasteiger partial charge is 0.491 e. The number of nitrogens with two attached hydrogens (primary N) is 2. The number of likely N-dealkylation sites (tertiary alicyclic amines) is 1. The molecule has 0 bridgehead atoms. The SMILES string of the molecule is Nc1nc(N)c(C(=O)/N=C2\NCC3(CCN(C(=O)CCc4ccc(OCCOC5CCCCO5)cc4)CC3)N2)nc1CI. The van der Waals surface area contributed by atoms with Gasteiger partial charge in [0.15, 0.2) is 23.8 Å². The molecular formula is C29H39IN8O5. The van der Waals surface area contributed by atoms with E-state index in [1.165, 1.54) is 0 Å². The van der Waals surface area contributed by atoms with Crippen molar-refractivity contribution >= 4 is 52.0 Å². The molecule has 43 heavy (non-hydrogen) atoms. The predicted molar refractivity (Wildman–Crippen MR) is 170 cm³/mol. The fourth-order valence-electron chi connectivity index (χ4n) is 5.40. The normalized spacial score (nSPS) is 20.5. The van der Waals surface area contributed by atoms with E-state index in [1.807, 2.05) is 29.2 Å². The van der Waals surface area contributed by atoms with Gasteiger partial charge >= 0.3 is 5.91 Å². The van der Waals surface area contributed by atoms with E-state index >= 15 is 0 Å². The number of amides is 2. The average Bonchev–Trinajstić information content (AvgIpc) is 3.40. The van der Waals surface area contributed by atoms with Crippen LogP contribution in [0.5, 0.6) is 5.75 Å². The molecule has 3 aliphatic heterocycles. The smallest absolute Gasteiger partial charge is 0.302 e. The Morgan fingerprint density at radius 1 is 1.12 bits per heavy atom. The topological polar surface area (TPSA) is 179 Å². The number of alkyl halides is 1. The van der Waals surface area contributed by atoms with Gasteiger partial charge in [0.1, 0.15) is 18.2 Å². The maximum absolute atomic E-state index is 13.0. The van der Waals surface area contributed by atoms with Crippen molar-refractivity contribution in [3.8, 4) is 5.75 Å². The Labute approximate surface area is 264 Å². The number of nitrogen functional groups attached to an aromatic ring is 2. The summed E-state index contributed by atoms with van der Waals surface area (Å²) in [5, 5.41) is 6.54. The summed E-state index contributed by atoms with van der Waals surface area (Å²) in [6.07, 6.45) is 5.66. The number of aromatic nitrogens is 2. The highest BCUT2D eigenvalue weighted by Crippen LogP contribution is 2.26. The van der Waals surface area contributed by atoms with E-state index in [2.05, 4.69) is 48.2 Å². The lowest BCUT2D eigenvalue weighted by Crippen LogP contribution is -2.53. The van der Waals surface area contributed by atoms with E-state index in [1.54, 1.807) is 0 Å². The second-order valence-electron chi connectivity index (χ2n) is 11.0. The quantitative estimate of drug-likeness (QED) is 0.162. The summed E-state index contributed by atoms with van der Waals surface area (Å²) in [6.45, 7) is 3.59. The molecule has 3 fully saturated rings. The summed E-state index contributed by atoms with van der Waals surface area (Å²) < 4.78 is 17.5. The van der Waals surface area contributed by atoms with Crippen molar-refractivity contribution in [3.05, 3.63) is 41.2 Å². The molecule has 1 unspecified atom stereocenters. The molecule has 2 amide bonds. The van der Waals surface area contributed by atoms with Crippen LogP contribution in [0.2, 0.25) is 0 Å². The second-order valence-corrected chi connectivity index (χ2v) is 11.8. The fourth-order valence-corrected chi connectivity index (χ4v) is 5.96. The number of aryl methyl sites for hydroxylation is 1. The number of benzene rings is 1. The van der Waals surface area contributed by atoms with Crippen molar-refractivity contribution in [1.82, 2.24) is 25.5 Å². The minimum Gasteiger partial charge on any atom is -0.491 e. The highest BCUT2D eigenvalue weighted by atomic mass is 127. The molecule has 5 rings (SSSR count). The van der Waals surface area contributed by atoms with Crippen LogP contribution in [0, 0.1) is 0 Å². The minimum absolute atomic E-state index is 0.0181. The van der Waals surface area contributed by atoms with Crippen LogP contribution in [0.4, 0.5) is 11.6 Å². The highest BCUT2D eigenvalue weighted by Gasteiger charge is 2.40. The summed E-state index contributed by atoms with van der Waals surface area (Å²) >= 11 is 2.10. The Hall–Kier alpha value is -3.24. The predicted octanol–water partition coefficient (Wildman–Crippen LogP) is 2.18. The molecule has 3 aliphatic rings. The van der Waals surface area contributed by atoms with Gasteiger partial charge in [0, 0.05) is 37.1 Å². The van der Waals surface area contributed by atoms with Crippen molar-refractivity contribution in [3.63, 3.8) is 0 Å². The van der Waals surface area contributed by atoms with Crippen molar-refractivity contribution in [2.24, 2.45) is 4.99 Å². The van der Waals surface area contributed by atoms with E-state index < -0.39 is 5.91 Å². The van der Waals surface area contributed by atoms with Crippen molar-refractivity contribution < 1.29 is 23.8 Å². The van der Waals surface area contributed by atoms with Gasteiger partial charge < -0.3 is 41.2 Å². The number of aliphatic imine (C=N–C) groups is 1. The lowest BCUT2D eigenvalue weighted by molar-refractivity contribution is -0.165. The standard InChI is InChI=1S/C29H39IN8O5/c30-17-21-25(31)35-26(32)24(34-21)27(40)36-28-33-18-29(37-28)10-12-38(13-11-29)22(39)9-6-19-4-7-20(8-5-19)41-15-16-43-23-3-1-2-14-42-23/h4-5,7-8,23H,1-3,6,9-18H2,(H4,31,32,35)(H2,33,36,37,40). The number of anilines is 2. The Balaban J connectivity index is 1.03. The molecule has 14 heteroatoms. The van der Waals surface area contributed by atoms with Gasteiger partial charge in [-0.2, -0.15) is 4.99 Å². The first kappa shape index (κ1) is 31.2. The van der Waals surface area contributed by atoms with Gasteiger partial charge in [-0.15, -0.1) is 0 Å². The lowest BCUT2D eigenvalue weighted by atomic mass is 9.88. The molecule has 13 nitrogen and oxygen atoms in total. The van der Waals surface area contributed by atoms with E-state index in [0.717, 1.165) is 50.0 Å². The fraction of sp³-hybridized carbons (Fsp3) is 0.552. The Morgan fingerprint density at radius 2 is 1.91 bits per heavy atom. The van der Waals surface area contributed by atoms with E-state index in [4.69, 9.17) is 25.7 Å². The second kappa shape index (κ2) is 14.5. The maximum atomic E-state index is 13.0. The van der Waals surface area contributed by atoms with Gasteiger partial charge in [-0.25, -0.2) is 9.97 Å². The molecule has 6 N–H and O–H groups in total. The number of guanidine groups is 1. The highest BCUT2D eigenvalue weighted by molar-refractivity contribution is 14.1. The number of nitrogens with one attached hydrogen (secondary N) is 2. The Kier molecular flexibility index (Phi) is 10.5. The molecule has 0 saturated carbocycles. The molecule has 4 heterocycles. The molecule has 1 aromatic heterocycles. The molecule has 3 saturated heterocycles. The number of halogens is 1. The van der Waals surface area contributed by atoms with Gasteiger partial charge in [0.05, 0.1) is 17.8 Å². The number of carbonyl (C=O) groups is 2. The number of ether oxygens (including phenoxy) is 3. The third kappa shape index (κ3) is 8.23. The summed E-state index contributed by atoms with van der Waals surface area (Å²) in [6, 6.07) is 7.87. The molecule has 1 spiro atoms. The first-order chi connectivity index (χ1) is 20.8. The van der Waals surface area contributed by atoms with Crippen molar-refractivity contribution in [1.29, 1.82) is 0 Å². The molecule has 0 aliphatic carbocycles. The summed E-state index contributed by atoms with van der Waals surface area (Å²) in [5.74, 6) is 0.859. The minimum atomic E-state index is -0.589. The third-order valence-corrected chi connectivity index (χ3v) is 8.69. The average molecular weight is 707 g/mol. The van der Waals surface area contributed by atoms with Crippen LogP contribution < -0.4 is 26.8 Å². The number of hydrogen-bond donors (Lipinski definition) is 4. The Morgan fingerprint density at radius 3 is 2.63 bits per heavy atom. The van der Waals surface area contributed by atoms with Crippen LogP contribution in [-0.4, -0.2) is 83.9 Å². The Bertz CT molecular complexity index is 1310. The van der Waals surface area contributed by atoms with Crippen molar-refractivity contribution in [2.75, 3.05) is 50.9 Å². The zero-order valence-corrected chi connectivity index (χ0v) is 26.3. The maximum Gasteiger partial charge on any atom is 0.302 e. The summed E-state index contributed by atoms with van der Waals surface area (Å²) in [7, 11) is 0. The van der Waals surface area contributed by atoms with E-state index in [9.17, 15) is 9.59 Å². The first-order valence-corrected chi connectivity index (χ1v) is 16.2. The molecule has 1 atom stereocenters. The summed E-state index contributed by atoms with van der Waals surface area (Å²) in [5.41, 5.74) is 13.0. The molecule has 232 valence electrons. The van der Waals surface area contributed by atoms with Crippen LogP contribution in [0.1, 0.15) is 60.3 Å². The zero-order valence-electron chi connectivity index (χ0n) is 24.1. The molecule has 0 radical (unpaired) electrons.